The third-order valence-electron chi connectivity index (χ3n) is 4.04. The number of aliphatic hydroxyl groups is 1. The first-order valence-electron chi connectivity index (χ1n) is 9.62. The van der Waals surface area contributed by atoms with E-state index in [1.807, 2.05) is 13.8 Å². The van der Waals surface area contributed by atoms with Crippen LogP contribution in [0.15, 0.2) is 24.3 Å². The predicted molar refractivity (Wildman–Crippen MR) is 111 cm³/mol. The molecule has 1 amide bonds. The first-order valence-corrected chi connectivity index (χ1v) is 9.62. The standard InChI is InChI=1S/C19H24FN3O4.C2H6/c1-12-6-7-16(15(20)10-12)21-18-14(11-17(13(2)25)23(18)3)19(26)22-27-9-5-4-8-24;1-2/h6-7,10-11,21,24H,4-5,8-9H2,1-3H3,(H,22,26);1-2H3. The van der Waals surface area contributed by atoms with Crippen LogP contribution in [-0.2, 0) is 11.9 Å². The Morgan fingerprint density at radius 3 is 2.48 bits per heavy atom. The second-order valence-electron chi connectivity index (χ2n) is 6.23. The van der Waals surface area contributed by atoms with Gasteiger partial charge in [0, 0.05) is 20.6 Å². The number of aryl methyl sites for hydroxylation is 1. The van der Waals surface area contributed by atoms with Gasteiger partial charge in [0.15, 0.2) is 5.78 Å². The number of hydrogen-bond acceptors (Lipinski definition) is 5. The van der Waals surface area contributed by atoms with Gasteiger partial charge >= 0.3 is 0 Å². The molecule has 1 heterocycles. The summed E-state index contributed by atoms with van der Waals surface area (Å²) in [7, 11) is 1.62. The Bertz CT molecular complexity index is 834. The zero-order chi connectivity index (χ0) is 22.0. The Morgan fingerprint density at radius 2 is 1.90 bits per heavy atom. The summed E-state index contributed by atoms with van der Waals surface area (Å²) in [5, 5.41) is 11.6. The maximum Gasteiger partial charge on any atom is 0.278 e. The number of carbonyl (C=O) groups is 2. The number of aliphatic hydroxyl groups excluding tert-OH is 1. The van der Waals surface area contributed by atoms with Crippen molar-refractivity contribution >= 4 is 23.2 Å². The van der Waals surface area contributed by atoms with E-state index in [0.717, 1.165) is 5.56 Å². The Morgan fingerprint density at radius 1 is 1.21 bits per heavy atom. The van der Waals surface area contributed by atoms with Crippen LogP contribution in [0, 0.1) is 12.7 Å². The van der Waals surface area contributed by atoms with Crippen molar-refractivity contribution in [2.24, 2.45) is 7.05 Å². The van der Waals surface area contributed by atoms with Gasteiger partial charge in [-0.1, -0.05) is 19.9 Å². The second kappa shape index (κ2) is 12.0. The highest BCUT2D eigenvalue weighted by Gasteiger charge is 2.22. The molecule has 0 spiro atoms. The topological polar surface area (TPSA) is 92.6 Å². The van der Waals surface area contributed by atoms with Crippen LogP contribution in [0.25, 0.3) is 0 Å². The van der Waals surface area contributed by atoms with E-state index in [4.69, 9.17) is 9.94 Å². The Labute approximate surface area is 170 Å². The highest BCUT2D eigenvalue weighted by atomic mass is 19.1. The lowest BCUT2D eigenvalue weighted by atomic mass is 10.2. The van der Waals surface area contributed by atoms with Crippen molar-refractivity contribution in [2.75, 3.05) is 18.5 Å². The minimum absolute atomic E-state index is 0.0497. The van der Waals surface area contributed by atoms with E-state index in [1.165, 1.54) is 23.6 Å². The van der Waals surface area contributed by atoms with Gasteiger partial charge in [0.05, 0.1) is 23.6 Å². The number of rotatable bonds is 9. The number of hydroxylamine groups is 1. The molecular formula is C21H30FN3O4. The van der Waals surface area contributed by atoms with Crippen LogP contribution >= 0.6 is 0 Å². The van der Waals surface area contributed by atoms with Crippen molar-refractivity contribution in [3.05, 3.63) is 46.9 Å². The molecule has 1 aromatic carbocycles. The molecule has 160 valence electrons. The smallest absolute Gasteiger partial charge is 0.278 e. The SMILES string of the molecule is CC.CC(=O)c1cc(C(=O)NOCCCCO)c(Nc2ccc(C)cc2F)n1C. The van der Waals surface area contributed by atoms with Crippen LogP contribution < -0.4 is 10.8 Å². The monoisotopic (exact) mass is 407 g/mol. The molecule has 0 atom stereocenters. The van der Waals surface area contributed by atoms with Crippen molar-refractivity contribution in [1.29, 1.82) is 0 Å². The summed E-state index contributed by atoms with van der Waals surface area (Å²) in [5.74, 6) is -0.975. The predicted octanol–water partition coefficient (Wildman–Crippen LogP) is 3.88. The van der Waals surface area contributed by atoms with Crippen LogP contribution in [-0.4, -0.2) is 34.6 Å². The second-order valence-corrected chi connectivity index (χ2v) is 6.23. The number of amides is 1. The van der Waals surface area contributed by atoms with E-state index >= 15 is 0 Å². The van der Waals surface area contributed by atoms with Gasteiger partial charge in [0.1, 0.15) is 11.6 Å². The van der Waals surface area contributed by atoms with E-state index in [-0.39, 0.29) is 36.1 Å². The number of ketones is 1. The first-order chi connectivity index (χ1) is 13.8. The summed E-state index contributed by atoms with van der Waals surface area (Å²) in [6.07, 6.45) is 1.15. The molecular weight excluding hydrogens is 377 g/mol. The molecule has 0 radical (unpaired) electrons. The quantitative estimate of drug-likeness (QED) is 0.333. The van der Waals surface area contributed by atoms with Gasteiger partial charge in [0.25, 0.3) is 5.91 Å². The fourth-order valence-corrected chi connectivity index (χ4v) is 2.57. The largest absolute Gasteiger partial charge is 0.396 e. The molecule has 0 unspecified atom stereocenters. The molecule has 29 heavy (non-hydrogen) atoms. The van der Waals surface area contributed by atoms with Crippen LogP contribution in [0.3, 0.4) is 0 Å². The molecule has 0 aliphatic carbocycles. The lowest BCUT2D eigenvalue weighted by molar-refractivity contribution is 0.0289. The third-order valence-corrected chi connectivity index (χ3v) is 4.04. The number of nitrogens with one attached hydrogen (secondary N) is 2. The minimum atomic E-state index is -0.558. The number of carbonyl (C=O) groups excluding carboxylic acids is 2. The molecule has 2 aromatic rings. The van der Waals surface area contributed by atoms with Gasteiger partial charge in [0.2, 0.25) is 0 Å². The summed E-state index contributed by atoms with van der Waals surface area (Å²) >= 11 is 0. The van der Waals surface area contributed by atoms with Crippen LogP contribution in [0.5, 0.6) is 0 Å². The van der Waals surface area contributed by atoms with Crippen molar-refractivity contribution in [3.63, 3.8) is 0 Å². The maximum absolute atomic E-state index is 14.2. The highest BCUT2D eigenvalue weighted by molar-refractivity contribution is 6.03. The number of Topliss-reactive ketones (excluding diaryl/α,β-unsaturated/α-hetero) is 1. The van der Waals surface area contributed by atoms with E-state index < -0.39 is 11.7 Å². The Kier molecular flexibility index (Phi) is 10.1. The molecule has 1 aromatic heterocycles. The zero-order valence-corrected chi connectivity index (χ0v) is 17.6. The van der Waals surface area contributed by atoms with E-state index in [1.54, 1.807) is 26.1 Å². The molecule has 3 N–H and O–H groups in total. The van der Waals surface area contributed by atoms with Crippen molar-refractivity contribution in [2.45, 2.75) is 40.5 Å². The third kappa shape index (κ3) is 6.69. The first kappa shape index (κ1) is 24.3. The lowest BCUT2D eigenvalue weighted by Crippen LogP contribution is -2.25. The van der Waals surface area contributed by atoms with Gasteiger partial charge in [-0.15, -0.1) is 0 Å². The lowest BCUT2D eigenvalue weighted by Gasteiger charge is -2.13. The molecule has 8 heteroatoms. The highest BCUT2D eigenvalue weighted by Crippen LogP contribution is 2.27. The average Bonchev–Trinajstić information content (AvgIpc) is 3.02. The van der Waals surface area contributed by atoms with E-state index in [2.05, 4.69) is 10.8 Å². The number of unbranched alkanes of at least 4 members (excludes halogenated alkanes) is 1. The fourth-order valence-electron chi connectivity index (χ4n) is 2.57. The molecule has 2 rings (SSSR count). The van der Waals surface area contributed by atoms with Gasteiger partial charge in [-0.2, -0.15) is 0 Å². The van der Waals surface area contributed by atoms with Crippen molar-refractivity contribution in [1.82, 2.24) is 10.0 Å². The summed E-state index contributed by atoms with van der Waals surface area (Å²) < 4.78 is 15.7. The van der Waals surface area contributed by atoms with Crippen LogP contribution in [0.2, 0.25) is 0 Å². The number of benzene rings is 1. The number of halogens is 1. The number of aromatic nitrogens is 1. The molecule has 7 nitrogen and oxygen atoms in total. The van der Waals surface area contributed by atoms with Gasteiger partial charge in [-0.05, 0) is 43.5 Å². The molecule has 0 bridgehead atoms. The van der Waals surface area contributed by atoms with E-state index in [0.29, 0.717) is 18.5 Å². The van der Waals surface area contributed by atoms with E-state index in [9.17, 15) is 14.0 Å². The Hall–Kier alpha value is -2.71. The van der Waals surface area contributed by atoms with Gasteiger partial charge in [-0.25, -0.2) is 9.87 Å². The number of hydrogen-bond donors (Lipinski definition) is 3. The number of anilines is 2. The molecule has 0 saturated carbocycles. The normalized spacial score (nSPS) is 10.2. The minimum Gasteiger partial charge on any atom is -0.396 e. The van der Waals surface area contributed by atoms with Crippen molar-refractivity contribution < 1.29 is 23.9 Å². The summed E-state index contributed by atoms with van der Waals surface area (Å²) in [5.41, 5.74) is 3.72. The summed E-state index contributed by atoms with van der Waals surface area (Å²) in [6.45, 7) is 7.46. The molecule has 0 aliphatic rings. The Balaban J connectivity index is 0.00000204. The van der Waals surface area contributed by atoms with Crippen molar-refractivity contribution in [3.8, 4) is 0 Å². The van der Waals surface area contributed by atoms with Gasteiger partial charge < -0.3 is 15.0 Å². The molecule has 0 aliphatic heterocycles. The molecule has 0 fully saturated rings. The summed E-state index contributed by atoms with van der Waals surface area (Å²) in [4.78, 5) is 29.4. The maximum atomic E-state index is 14.2. The van der Waals surface area contributed by atoms with Crippen LogP contribution in [0.1, 0.15) is 60.0 Å². The molecule has 0 saturated heterocycles. The fraction of sp³-hybridized carbons (Fsp3) is 0.429. The zero-order valence-electron chi connectivity index (χ0n) is 17.6. The van der Waals surface area contributed by atoms with Crippen LogP contribution in [0.4, 0.5) is 15.9 Å². The summed E-state index contributed by atoms with van der Waals surface area (Å²) in [6, 6.07) is 6.12. The average molecular weight is 407 g/mol. The number of nitrogens with zero attached hydrogens (tertiary/aromatic N) is 1. The van der Waals surface area contributed by atoms with Gasteiger partial charge in [-0.3, -0.25) is 14.4 Å².